The van der Waals surface area contributed by atoms with Gasteiger partial charge in [-0.1, -0.05) is 13.8 Å². The second kappa shape index (κ2) is 6.81. The Bertz CT molecular complexity index is 369. The predicted octanol–water partition coefficient (Wildman–Crippen LogP) is 1.45. The first-order valence-electron chi connectivity index (χ1n) is 5.94. The molecule has 0 saturated heterocycles. The number of aromatic nitrogens is 2. The van der Waals surface area contributed by atoms with Crippen LogP contribution in [0.2, 0.25) is 0 Å². The molecule has 0 bridgehead atoms. The molecule has 2 unspecified atom stereocenters. The highest BCUT2D eigenvalue weighted by atomic mass is 32.1. The summed E-state index contributed by atoms with van der Waals surface area (Å²) in [6, 6.07) is 0. The molecule has 0 saturated carbocycles. The number of nitrogens with one attached hydrogen (secondary N) is 2. The SMILES string of the molecule is CC(S)NCC(Cc1cnc(=O)[nH]c1)C(C)C. The van der Waals surface area contributed by atoms with Crippen molar-refractivity contribution < 1.29 is 0 Å². The van der Waals surface area contributed by atoms with E-state index in [1.807, 2.05) is 6.92 Å². The molecule has 0 radical (unpaired) electrons. The van der Waals surface area contributed by atoms with Gasteiger partial charge in [-0.3, -0.25) is 0 Å². The minimum Gasteiger partial charge on any atom is -0.312 e. The van der Waals surface area contributed by atoms with Gasteiger partial charge in [0.15, 0.2) is 0 Å². The number of aromatic amines is 1. The van der Waals surface area contributed by atoms with E-state index in [0.717, 1.165) is 18.5 Å². The molecular weight excluding hydrogens is 234 g/mol. The third-order valence-corrected chi connectivity index (χ3v) is 3.03. The topological polar surface area (TPSA) is 57.8 Å². The maximum absolute atomic E-state index is 10.9. The van der Waals surface area contributed by atoms with Gasteiger partial charge in [-0.2, -0.15) is 12.6 Å². The molecule has 2 atom stereocenters. The summed E-state index contributed by atoms with van der Waals surface area (Å²) in [5, 5.41) is 3.53. The minimum absolute atomic E-state index is 0.199. The summed E-state index contributed by atoms with van der Waals surface area (Å²) in [7, 11) is 0. The summed E-state index contributed by atoms with van der Waals surface area (Å²) >= 11 is 4.31. The van der Waals surface area contributed by atoms with Crippen molar-refractivity contribution in [1.82, 2.24) is 15.3 Å². The van der Waals surface area contributed by atoms with Gasteiger partial charge < -0.3 is 10.3 Å². The van der Waals surface area contributed by atoms with E-state index in [2.05, 4.69) is 41.8 Å². The summed E-state index contributed by atoms with van der Waals surface area (Å²) in [5.41, 5.74) is 0.772. The Kier molecular flexibility index (Phi) is 5.71. The molecule has 96 valence electrons. The fourth-order valence-electron chi connectivity index (χ4n) is 1.65. The first-order valence-corrected chi connectivity index (χ1v) is 6.45. The Balaban J connectivity index is 2.60. The molecule has 0 aromatic carbocycles. The van der Waals surface area contributed by atoms with Gasteiger partial charge in [0.1, 0.15) is 0 Å². The average molecular weight is 255 g/mol. The molecule has 0 fully saturated rings. The molecule has 1 aromatic rings. The monoisotopic (exact) mass is 255 g/mol. The quantitative estimate of drug-likeness (QED) is 0.533. The Labute approximate surface area is 108 Å². The van der Waals surface area contributed by atoms with E-state index >= 15 is 0 Å². The second-order valence-electron chi connectivity index (χ2n) is 4.72. The summed E-state index contributed by atoms with van der Waals surface area (Å²) < 4.78 is 0. The van der Waals surface area contributed by atoms with Crippen molar-refractivity contribution in [1.29, 1.82) is 0 Å². The van der Waals surface area contributed by atoms with Crippen molar-refractivity contribution in [2.45, 2.75) is 32.6 Å². The van der Waals surface area contributed by atoms with Gasteiger partial charge in [0.25, 0.3) is 0 Å². The minimum atomic E-state index is -0.294. The van der Waals surface area contributed by atoms with Crippen LogP contribution in [0.3, 0.4) is 0 Å². The van der Waals surface area contributed by atoms with Crippen LogP contribution in [0.4, 0.5) is 0 Å². The van der Waals surface area contributed by atoms with Crippen LogP contribution in [-0.2, 0) is 6.42 Å². The highest BCUT2D eigenvalue weighted by Gasteiger charge is 2.14. The van der Waals surface area contributed by atoms with E-state index in [-0.39, 0.29) is 11.1 Å². The van der Waals surface area contributed by atoms with Crippen LogP contribution in [-0.4, -0.2) is 21.9 Å². The zero-order valence-electron chi connectivity index (χ0n) is 10.6. The Morgan fingerprint density at radius 2 is 2.18 bits per heavy atom. The molecule has 0 aliphatic rings. The lowest BCUT2D eigenvalue weighted by atomic mass is 9.90. The van der Waals surface area contributed by atoms with Crippen molar-refractivity contribution in [3.8, 4) is 0 Å². The Morgan fingerprint density at radius 1 is 1.47 bits per heavy atom. The van der Waals surface area contributed by atoms with E-state index in [0.29, 0.717) is 11.8 Å². The number of rotatable bonds is 6. The smallest absolute Gasteiger partial charge is 0.312 e. The molecule has 4 nitrogen and oxygen atoms in total. The molecule has 0 aliphatic carbocycles. The number of H-pyrrole nitrogens is 1. The normalized spacial score (nSPS) is 14.9. The lowest BCUT2D eigenvalue weighted by Crippen LogP contribution is -2.31. The largest absolute Gasteiger partial charge is 0.344 e. The predicted molar refractivity (Wildman–Crippen MR) is 73.3 cm³/mol. The van der Waals surface area contributed by atoms with Gasteiger partial charge in [-0.05, 0) is 37.3 Å². The third-order valence-electron chi connectivity index (χ3n) is 2.84. The molecular formula is C12H21N3OS. The molecule has 0 aliphatic heterocycles. The van der Waals surface area contributed by atoms with Crippen LogP contribution in [0.1, 0.15) is 26.3 Å². The molecule has 0 spiro atoms. The van der Waals surface area contributed by atoms with Gasteiger partial charge in [0.2, 0.25) is 0 Å². The van der Waals surface area contributed by atoms with E-state index in [1.165, 1.54) is 0 Å². The van der Waals surface area contributed by atoms with Crippen LogP contribution < -0.4 is 11.0 Å². The van der Waals surface area contributed by atoms with Crippen LogP contribution in [0.15, 0.2) is 17.2 Å². The number of hydrogen-bond acceptors (Lipinski definition) is 4. The molecule has 2 N–H and O–H groups in total. The van der Waals surface area contributed by atoms with Gasteiger partial charge in [0.05, 0.1) is 0 Å². The van der Waals surface area contributed by atoms with Crippen molar-refractivity contribution in [2.24, 2.45) is 11.8 Å². The van der Waals surface area contributed by atoms with Crippen molar-refractivity contribution >= 4 is 12.6 Å². The lowest BCUT2D eigenvalue weighted by Gasteiger charge is -2.22. The van der Waals surface area contributed by atoms with Crippen molar-refractivity contribution in [2.75, 3.05) is 6.54 Å². The molecule has 17 heavy (non-hydrogen) atoms. The Morgan fingerprint density at radius 3 is 2.65 bits per heavy atom. The van der Waals surface area contributed by atoms with Crippen LogP contribution in [0, 0.1) is 11.8 Å². The highest BCUT2D eigenvalue weighted by molar-refractivity contribution is 7.80. The standard InChI is InChI=1S/C12H21N3OS/c1-8(2)11(7-13-9(3)17)4-10-5-14-12(16)15-6-10/h5-6,8-9,11,13,17H,4,7H2,1-3H3,(H,14,15,16). The summed E-state index contributed by atoms with van der Waals surface area (Å²) in [6.07, 6.45) is 4.31. The van der Waals surface area contributed by atoms with Crippen LogP contribution in [0.25, 0.3) is 0 Å². The van der Waals surface area contributed by atoms with Crippen molar-refractivity contribution in [3.05, 3.63) is 28.4 Å². The molecule has 1 rings (SSSR count). The fourth-order valence-corrected chi connectivity index (χ4v) is 1.76. The molecule has 5 heteroatoms. The van der Waals surface area contributed by atoms with Crippen LogP contribution in [0.5, 0.6) is 0 Å². The number of nitrogens with zero attached hydrogens (tertiary/aromatic N) is 1. The molecule has 0 amide bonds. The maximum atomic E-state index is 10.9. The first-order chi connectivity index (χ1) is 7.99. The van der Waals surface area contributed by atoms with E-state index in [9.17, 15) is 4.79 Å². The zero-order chi connectivity index (χ0) is 12.8. The summed E-state index contributed by atoms with van der Waals surface area (Å²) in [5.74, 6) is 1.08. The fraction of sp³-hybridized carbons (Fsp3) is 0.667. The van der Waals surface area contributed by atoms with Gasteiger partial charge in [-0.25, -0.2) is 9.78 Å². The summed E-state index contributed by atoms with van der Waals surface area (Å²) in [4.78, 5) is 17.2. The van der Waals surface area contributed by atoms with Crippen LogP contribution >= 0.6 is 12.6 Å². The lowest BCUT2D eigenvalue weighted by molar-refractivity contribution is 0.359. The van der Waals surface area contributed by atoms with Gasteiger partial charge >= 0.3 is 5.69 Å². The maximum Gasteiger partial charge on any atom is 0.344 e. The van der Waals surface area contributed by atoms with Gasteiger partial charge in [0, 0.05) is 17.8 Å². The second-order valence-corrected chi connectivity index (χ2v) is 5.49. The van der Waals surface area contributed by atoms with E-state index in [1.54, 1.807) is 12.4 Å². The van der Waals surface area contributed by atoms with Crippen molar-refractivity contribution in [3.63, 3.8) is 0 Å². The summed E-state index contributed by atoms with van der Waals surface area (Å²) in [6.45, 7) is 7.34. The Hall–Kier alpha value is -0.810. The number of thiol groups is 1. The molecule has 1 aromatic heterocycles. The zero-order valence-corrected chi connectivity index (χ0v) is 11.5. The van der Waals surface area contributed by atoms with E-state index < -0.39 is 0 Å². The number of hydrogen-bond donors (Lipinski definition) is 3. The third kappa shape index (κ3) is 5.37. The molecule has 1 heterocycles. The van der Waals surface area contributed by atoms with E-state index in [4.69, 9.17) is 0 Å². The van der Waals surface area contributed by atoms with Gasteiger partial charge in [-0.15, -0.1) is 0 Å². The highest BCUT2D eigenvalue weighted by Crippen LogP contribution is 2.15. The first kappa shape index (κ1) is 14.3. The average Bonchev–Trinajstić information content (AvgIpc) is 2.26.